The number of nitrogens with one attached hydrogen (secondary N) is 2. The molecular formula is C29H31FN4O. The largest absolute Gasteiger partial charge is 0.369 e. The number of aryl methyl sites for hydroxylation is 1. The number of carbonyl (C=O) groups is 1. The van der Waals surface area contributed by atoms with Gasteiger partial charge >= 0.3 is 0 Å². The summed E-state index contributed by atoms with van der Waals surface area (Å²) in [5, 5.41) is 3.93. The molecule has 0 spiro atoms. The van der Waals surface area contributed by atoms with Crippen LogP contribution in [0.25, 0.3) is 10.9 Å². The minimum absolute atomic E-state index is 0.194. The van der Waals surface area contributed by atoms with Crippen molar-refractivity contribution in [3.05, 3.63) is 95.9 Å². The Morgan fingerprint density at radius 2 is 1.69 bits per heavy atom. The third-order valence-electron chi connectivity index (χ3n) is 6.80. The van der Waals surface area contributed by atoms with Gasteiger partial charge in [-0.2, -0.15) is 0 Å². The van der Waals surface area contributed by atoms with Crippen LogP contribution >= 0.6 is 0 Å². The Labute approximate surface area is 205 Å². The van der Waals surface area contributed by atoms with Crippen LogP contribution in [0.2, 0.25) is 0 Å². The normalized spacial score (nSPS) is 14.4. The maximum atomic E-state index is 13.1. The Bertz CT molecular complexity index is 1260. The fourth-order valence-corrected chi connectivity index (χ4v) is 4.78. The first-order valence-corrected chi connectivity index (χ1v) is 12.3. The van der Waals surface area contributed by atoms with E-state index in [4.69, 9.17) is 0 Å². The summed E-state index contributed by atoms with van der Waals surface area (Å²) in [6, 6.07) is 22.2. The smallest absolute Gasteiger partial charge is 0.255 e. The maximum absolute atomic E-state index is 13.1. The number of aromatic nitrogens is 1. The van der Waals surface area contributed by atoms with E-state index in [0.29, 0.717) is 11.3 Å². The number of anilines is 2. The van der Waals surface area contributed by atoms with Crippen molar-refractivity contribution in [2.45, 2.75) is 19.3 Å². The molecule has 0 saturated carbocycles. The van der Waals surface area contributed by atoms with Gasteiger partial charge in [0, 0.05) is 60.2 Å². The number of piperazine rings is 1. The van der Waals surface area contributed by atoms with Crippen molar-refractivity contribution >= 4 is 28.2 Å². The van der Waals surface area contributed by atoms with Crippen LogP contribution in [-0.2, 0) is 6.42 Å². The topological polar surface area (TPSA) is 51.4 Å². The van der Waals surface area contributed by atoms with Gasteiger partial charge in [-0.3, -0.25) is 9.69 Å². The van der Waals surface area contributed by atoms with Gasteiger partial charge in [0.2, 0.25) is 0 Å². The zero-order valence-electron chi connectivity index (χ0n) is 19.8. The van der Waals surface area contributed by atoms with E-state index in [1.54, 1.807) is 12.1 Å². The number of rotatable bonds is 8. The predicted octanol–water partition coefficient (Wildman–Crippen LogP) is 5.70. The summed E-state index contributed by atoms with van der Waals surface area (Å²) in [7, 11) is 0. The number of hydrogen-bond donors (Lipinski definition) is 2. The van der Waals surface area contributed by atoms with Gasteiger partial charge in [0.1, 0.15) is 5.82 Å². The second-order valence-electron chi connectivity index (χ2n) is 9.16. The lowest BCUT2D eigenvalue weighted by Gasteiger charge is -2.36. The highest BCUT2D eigenvalue weighted by molar-refractivity contribution is 6.06. The lowest BCUT2D eigenvalue weighted by molar-refractivity contribution is 0.102. The molecule has 180 valence electrons. The molecule has 1 aliphatic rings. The highest BCUT2D eigenvalue weighted by atomic mass is 19.1. The van der Waals surface area contributed by atoms with E-state index in [2.05, 4.69) is 56.6 Å². The molecule has 1 amide bonds. The minimum atomic E-state index is -0.323. The summed E-state index contributed by atoms with van der Waals surface area (Å²) < 4.78 is 13.1. The molecule has 0 radical (unpaired) electrons. The molecular weight excluding hydrogens is 439 g/mol. The third kappa shape index (κ3) is 5.72. The molecule has 0 bridgehead atoms. The summed E-state index contributed by atoms with van der Waals surface area (Å²) in [5.41, 5.74) is 4.77. The number of nitrogens with zero attached hydrogens (tertiary/aromatic N) is 2. The molecule has 6 heteroatoms. The maximum Gasteiger partial charge on any atom is 0.255 e. The highest BCUT2D eigenvalue weighted by Crippen LogP contribution is 2.23. The molecule has 0 atom stereocenters. The average molecular weight is 471 g/mol. The van der Waals surface area contributed by atoms with Crippen molar-refractivity contribution in [1.82, 2.24) is 9.88 Å². The molecule has 1 saturated heterocycles. The van der Waals surface area contributed by atoms with Crippen LogP contribution in [0, 0.1) is 5.82 Å². The number of halogens is 1. The van der Waals surface area contributed by atoms with Gasteiger partial charge in [0.15, 0.2) is 0 Å². The fourth-order valence-electron chi connectivity index (χ4n) is 4.78. The molecule has 1 aromatic heterocycles. The van der Waals surface area contributed by atoms with Crippen molar-refractivity contribution in [2.75, 3.05) is 42.9 Å². The van der Waals surface area contributed by atoms with Crippen LogP contribution in [0.15, 0.2) is 79.0 Å². The number of H-pyrrole nitrogens is 1. The molecule has 2 N–H and O–H groups in total. The van der Waals surface area contributed by atoms with Gasteiger partial charge in [-0.25, -0.2) is 4.39 Å². The molecule has 4 aromatic rings. The Hall–Kier alpha value is -3.64. The van der Waals surface area contributed by atoms with E-state index < -0.39 is 0 Å². The Balaban J connectivity index is 1.12. The number of amides is 1. The first kappa shape index (κ1) is 23.1. The van der Waals surface area contributed by atoms with E-state index in [0.717, 1.165) is 62.9 Å². The highest BCUT2D eigenvalue weighted by Gasteiger charge is 2.16. The Morgan fingerprint density at radius 1 is 0.914 bits per heavy atom. The Kier molecular flexibility index (Phi) is 7.09. The van der Waals surface area contributed by atoms with Crippen LogP contribution in [0.1, 0.15) is 28.8 Å². The number of fused-ring (bicyclic) bond motifs is 1. The lowest BCUT2D eigenvalue weighted by atomic mass is 10.0. The van der Waals surface area contributed by atoms with Gasteiger partial charge in [-0.1, -0.05) is 18.2 Å². The van der Waals surface area contributed by atoms with Gasteiger partial charge < -0.3 is 15.2 Å². The lowest BCUT2D eigenvalue weighted by Crippen LogP contribution is -2.46. The number of benzene rings is 3. The molecule has 5 nitrogen and oxygen atoms in total. The van der Waals surface area contributed by atoms with Crippen molar-refractivity contribution in [3.63, 3.8) is 0 Å². The third-order valence-corrected chi connectivity index (χ3v) is 6.80. The second kappa shape index (κ2) is 10.7. The Morgan fingerprint density at radius 3 is 2.46 bits per heavy atom. The number of para-hydroxylation sites is 1. The number of carbonyl (C=O) groups excluding carboxylic acids is 1. The first-order chi connectivity index (χ1) is 17.2. The monoisotopic (exact) mass is 470 g/mol. The molecule has 2 heterocycles. The minimum Gasteiger partial charge on any atom is -0.369 e. The standard InChI is InChI=1S/C29H31FN4O/c30-24-10-12-25(13-11-24)32-29(35)22-9-14-28-27(20-22)23(21-31-28)6-4-5-15-33-16-18-34(19-17-33)26-7-2-1-3-8-26/h1-3,7-14,20-21,31H,4-6,15-19H2,(H,32,35). The van der Waals surface area contributed by atoms with Crippen molar-refractivity contribution in [3.8, 4) is 0 Å². The number of aromatic amines is 1. The number of hydrogen-bond acceptors (Lipinski definition) is 3. The zero-order chi connectivity index (χ0) is 24.0. The van der Waals surface area contributed by atoms with E-state index in [1.165, 1.54) is 23.4 Å². The molecule has 5 rings (SSSR count). The molecule has 1 fully saturated rings. The van der Waals surface area contributed by atoms with Gasteiger partial charge in [-0.15, -0.1) is 0 Å². The van der Waals surface area contributed by atoms with Crippen LogP contribution in [0.3, 0.4) is 0 Å². The molecule has 0 unspecified atom stereocenters. The summed E-state index contributed by atoms with van der Waals surface area (Å²) in [6.45, 7) is 5.49. The summed E-state index contributed by atoms with van der Waals surface area (Å²) in [6.07, 6.45) is 5.30. The van der Waals surface area contributed by atoms with E-state index >= 15 is 0 Å². The fraction of sp³-hybridized carbons (Fsp3) is 0.276. The van der Waals surface area contributed by atoms with Crippen LogP contribution in [0.5, 0.6) is 0 Å². The average Bonchev–Trinajstić information content (AvgIpc) is 3.31. The van der Waals surface area contributed by atoms with E-state index in [9.17, 15) is 9.18 Å². The quantitative estimate of drug-likeness (QED) is 0.325. The van der Waals surface area contributed by atoms with Crippen LogP contribution in [-0.4, -0.2) is 48.5 Å². The van der Waals surface area contributed by atoms with Crippen molar-refractivity contribution in [2.24, 2.45) is 0 Å². The molecule has 3 aromatic carbocycles. The van der Waals surface area contributed by atoms with Crippen LogP contribution < -0.4 is 10.2 Å². The van der Waals surface area contributed by atoms with Crippen LogP contribution in [0.4, 0.5) is 15.8 Å². The van der Waals surface area contributed by atoms with Crippen molar-refractivity contribution < 1.29 is 9.18 Å². The van der Waals surface area contributed by atoms with Crippen molar-refractivity contribution in [1.29, 1.82) is 0 Å². The summed E-state index contributed by atoms with van der Waals surface area (Å²) >= 11 is 0. The van der Waals surface area contributed by atoms with Gasteiger partial charge in [0.25, 0.3) is 5.91 Å². The summed E-state index contributed by atoms with van der Waals surface area (Å²) in [4.78, 5) is 21.1. The molecule has 35 heavy (non-hydrogen) atoms. The first-order valence-electron chi connectivity index (χ1n) is 12.3. The second-order valence-corrected chi connectivity index (χ2v) is 9.16. The summed E-state index contributed by atoms with van der Waals surface area (Å²) in [5.74, 6) is -0.517. The predicted molar refractivity (Wildman–Crippen MR) is 141 cm³/mol. The number of unbranched alkanes of at least 4 members (excludes halogenated alkanes) is 1. The zero-order valence-corrected chi connectivity index (χ0v) is 19.8. The SMILES string of the molecule is O=C(Nc1ccc(F)cc1)c1ccc2[nH]cc(CCCCN3CCN(c4ccccc4)CC3)c2c1. The molecule has 0 aliphatic carbocycles. The molecule has 1 aliphatic heterocycles. The van der Waals surface area contributed by atoms with E-state index in [-0.39, 0.29) is 11.7 Å². The van der Waals surface area contributed by atoms with E-state index in [1.807, 2.05) is 18.2 Å². The van der Waals surface area contributed by atoms with Gasteiger partial charge in [0.05, 0.1) is 0 Å². The van der Waals surface area contributed by atoms with Gasteiger partial charge in [-0.05, 0) is 86.0 Å².